The summed E-state index contributed by atoms with van der Waals surface area (Å²) in [7, 11) is 9.24. The van der Waals surface area contributed by atoms with E-state index >= 15 is 0 Å². The van der Waals surface area contributed by atoms with Crippen LogP contribution in [-0.4, -0.2) is 122 Å². The van der Waals surface area contributed by atoms with Crippen molar-refractivity contribution in [3.05, 3.63) is 35.9 Å². The van der Waals surface area contributed by atoms with Crippen LogP contribution in [-0.2, 0) is 25.5 Å². The maximum atomic E-state index is 14.3. The van der Waals surface area contributed by atoms with E-state index in [2.05, 4.69) is 37.9 Å². The Hall–Kier alpha value is -2.12. The zero-order valence-corrected chi connectivity index (χ0v) is 32.8. The molecule has 0 saturated carbocycles. The van der Waals surface area contributed by atoms with Gasteiger partial charge in [-0.2, -0.15) is 0 Å². The van der Waals surface area contributed by atoms with Crippen molar-refractivity contribution in [1.29, 1.82) is 0 Å². The number of aliphatic hydroxyl groups is 1. The summed E-state index contributed by atoms with van der Waals surface area (Å²) in [5.41, 5.74) is 14.7. The van der Waals surface area contributed by atoms with Gasteiger partial charge < -0.3 is 46.3 Å². The molecule has 11 heteroatoms. The van der Waals surface area contributed by atoms with Crippen molar-refractivity contribution in [2.24, 2.45) is 47.0 Å². The molecule has 0 radical (unpaired) electrons. The van der Waals surface area contributed by atoms with Gasteiger partial charge >= 0.3 is 5.97 Å². The SMILES string of the molecule is CC[C@H](C)[C@@H](C(NC)[C@H](C(N)[C@H](C(C)C)N(C)C)[C@@H](C)O)[C@@H](CC(=O)N1CCC[C@H]1[C@H](OC)[C@H](C)C(N)C(Cc1ccccc1)C(=O)O)OC. The van der Waals surface area contributed by atoms with E-state index in [1.807, 2.05) is 70.2 Å². The maximum absolute atomic E-state index is 14.3. The molecular formula is C39H71N5O6. The second kappa shape index (κ2) is 20.8. The first-order valence-electron chi connectivity index (χ1n) is 18.7. The number of amides is 1. The fraction of sp³-hybridized carbons (Fsp3) is 0.795. The van der Waals surface area contributed by atoms with Gasteiger partial charge in [0.05, 0.1) is 36.7 Å². The van der Waals surface area contributed by atoms with Crippen LogP contribution in [0, 0.1) is 35.5 Å². The third kappa shape index (κ3) is 10.9. The number of nitrogens with one attached hydrogen (secondary N) is 1. The van der Waals surface area contributed by atoms with Crippen LogP contribution in [0.25, 0.3) is 0 Å². The van der Waals surface area contributed by atoms with E-state index in [1.54, 1.807) is 14.2 Å². The average Bonchev–Trinajstić information content (AvgIpc) is 3.55. The van der Waals surface area contributed by atoms with E-state index in [1.165, 1.54) is 0 Å². The summed E-state index contributed by atoms with van der Waals surface area (Å²) in [4.78, 5) is 30.8. The molecular weight excluding hydrogens is 634 g/mol. The molecule has 4 unspecified atom stereocenters. The van der Waals surface area contributed by atoms with Crippen LogP contribution in [0.2, 0.25) is 0 Å². The molecule has 50 heavy (non-hydrogen) atoms. The van der Waals surface area contributed by atoms with Crippen LogP contribution in [0.15, 0.2) is 30.3 Å². The van der Waals surface area contributed by atoms with Gasteiger partial charge in [0.2, 0.25) is 5.91 Å². The summed E-state index contributed by atoms with van der Waals surface area (Å²) < 4.78 is 12.3. The molecule has 1 heterocycles. The molecule has 0 bridgehead atoms. The van der Waals surface area contributed by atoms with E-state index in [9.17, 15) is 19.8 Å². The van der Waals surface area contributed by atoms with Crippen LogP contribution in [0.5, 0.6) is 0 Å². The molecule has 1 aliphatic heterocycles. The number of aliphatic hydroxyl groups excluding tert-OH is 1. The van der Waals surface area contributed by atoms with E-state index < -0.39 is 36.2 Å². The minimum absolute atomic E-state index is 0.0313. The standard InChI is InChI=1S/C39H71N5O6/c1-12-24(4)32(36(42-7)33(26(6)45)35(41)37(23(2)3)43(8)9)30(49-10)22-31(46)44-20-16-19-29(44)38(50-11)25(5)34(40)28(39(47)48)21-27-17-14-13-15-18-27/h13-15,17-18,23-26,28-30,32-38,42,45H,12,16,19-22,40-41H2,1-11H3,(H,47,48)/t24-,25+,26+,28?,29-,30+,32+,33-,34?,35?,36?,37-,38+/m0/s1. The van der Waals surface area contributed by atoms with Crippen LogP contribution >= 0.6 is 0 Å². The topological polar surface area (TPSA) is 164 Å². The number of benzene rings is 1. The Morgan fingerprint density at radius 3 is 2.10 bits per heavy atom. The fourth-order valence-corrected chi connectivity index (χ4v) is 9.01. The molecule has 7 N–H and O–H groups in total. The monoisotopic (exact) mass is 706 g/mol. The number of carboxylic acids is 1. The second-order valence-electron chi connectivity index (χ2n) is 15.4. The molecule has 1 saturated heterocycles. The maximum Gasteiger partial charge on any atom is 0.308 e. The van der Waals surface area contributed by atoms with Gasteiger partial charge in [0.25, 0.3) is 0 Å². The number of hydrogen-bond acceptors (Lipinski definition) is 9. The molecule has 0 spiro atoms. The summed E-state index contributed by atoms with van der Waals surface area (Å²) >= 11 is 0. The van der Waals surface area contributed by atoms with E-state index in [0.717, 1.165) is 24.8 Å². The van der Waals surface area contributed by atoms with Gasteiger partial charge in [0.1, 0.15) is 0 Å². The highest BCUT2D eigenvalue weighted by Crippen LogP contribution is 2.36. The smallest absolute Gasteiger partial charge is 0.308 e. The van der Waals surface area contributed by atoms with E-state index in [0.29, 0.717) is 13.0 Å². The van der Waals surface area contributed by atoms with Gasteiger partial charge in [-0.05, 0) is 64.7 Å². The number of likely N-dealkylation sites (N-methyl/N-ethyl adjacent to an activating group) is 1. The first kappa shape index (κ1) is 44.0. The predicted octanol–water partition coefficient (Wildman–Crippen LogP) is 3.47. The second-order valence-corrected chi connectivity index (χ2v) is 15.4. The van der Waals surface area contributed by atoms with Crippen LogP contribution in [0.3, 0.4) is 0 Å². The van der Waals surface area contributed by atoms with Crippen molar-refractivity contribution in [3.63, 3.8) is 0 Å². The lowest BCUT2D eigenvalue weighted by Crippen LogP contribution is -2.62. The lowest BCUT2D eigenvalue weighted by molar-refractivity contribution is -0.145. The van der Waals surface area contributed by atoms with Crippen molar-refractivity contribution in [1.82, 2.24) is 15.1 Å². The number of aliphatic carboxylic acids is 1. The Kier molecular flexibility index (Phi) is 18.3. The van der Waals surface area contributed by atoms with Crippen molar-refractivity contribution in [2.45, 2.75) is 122 Å². The van der Waals surface area contributed by atoms with E-state index in [-0.39, 0.29) is 66.1 Å². The third-order valence-electron chi connectivity index (χ3n) is 11.7. The Morgan fingerprint density at radius 2 is 1.64 bits per heavy atom. The average molecular weight is 706 g/mol. The minimum atomic E-state index is -0.943. The predicted molar refractivity (Wildman–Crippen MR) is 201 cm³/mol. The summed E-state index contributed by atoms with van der Waals surface area (Å²) in [5.74, 6) is -2.12. The molecule has 1 amide bonds. The molecule has 1 aromatic carbocycles. The number of likely N-dealkylation sites (tertiary alicyclic amines) is 1. The van der Waals surface area contributed by atoms with Gasteiger partial charge in [-0.3, -0.25) is 9.59 Å². The Bertz CT molecular complexity index is 1130. The van der Waals surface area contributed by atoms with Crippen LogP contribution in [0.1, 0.15) is 72.8 Å². The van der Waals surface area contributed by atoms with Gasteiger partial charge in [0.15, 0.2) is 0 Å². The summed E-state index contributed by atoms with van der Waals surface area (Å²) in [5, 5.41) is 25.0. The number of methoxy groups -OCH3 is 2. The highest BCUT2D eigenvalue weighted by molar-refractivity contribution is 5.77. The zero-order valence-electron chi connectivity index (χ0n) is 32.8. The van der Waals surface area contributed by atoms with Crippen molar-refractivity contribution in [3.8, 4) is 0 Å². The molecule has 0 aromatic heterocycles. The molecule has 288 valence electrons. The summed E-state index contributed by atoms with van der Waals surface area (Å²) in [6, 6.07) is 8.06. The van der Waals surface area contributed by atoms with Gasteiger partial charge in [-0.1, -0.05) is 71.4 Å². The summed E-state index contributed by atoms with van der Waals surface area (Å²) in [6.07, 6.45) is 1.31. The lowest BCUT2D eigenvalue weighted by Gasteiger charge is -2.47. The van der Waals surface area contributed by atoms with Gasteiger partial charge in [0, 0.05) is 62.7 Å². The Labute approximate surface area is 302 Å². The number of hydrogen-bond donors (Lipinski definition) is 5. The molecule has 11 nitrogen and oxygen atoms in total. The van der Waals surface area contributed by atoms with Crippen molar-refractivity contribution < 1.29 is 29.3 Å². The normalized spacial score (nSPS) is 22.6. The molecule has 2 rings (SSSR count). The molecule has 1 fully saturated rings. The van der Waals surface area contributed by atoms with Crippen LogP contribution in [0.4, 0.5) is 0 Å². The number of nitrogens with two attached hydrogens (primary N) is 2. The first-order chi connectivity index (χ1) is 23.6. The first-order valence-corrected chi connectivity index (χ1v) is 18.7. The third-order valence-corrected chi connectivity index (χ3v) is 11.7. The molecule has 13 atom stereocenters. The van der Waals surface area contributed by atoms with Gasteiger partial charge in [-0.15, -0.1) is 0 Å². The number of nitrogens with zero attached hydrogens (tertiary/aromatic N) is 2. The van der Waals surface area contributed by atoms with Gasteiger partial charge in [-0.25, -0.2) is 0 Å². The Morgan fingerprint density at radius 1 is 1.02 bits per heavy atom. The van der Waals surface area contributed by atoms with Crippen molar-refractivity contribution in [2.75, 3.05) is 41.9 Å². The van der Waals surface area contributed by atoms with Crippen molar-refractivity contribution >= 4 is 11.9 Å². The lowest BCUT2D eigenvalue weighted by atomic mass is 9.69. The number of rotatable bonds is 22. The summed E-state index contributed by atoms with van der Waals surface area (Å²) in [6.45, 7) is 12.9. The quantitative estimate of drug-likeness (QED) is 0.121. The largest absolute Gasteiger partial charge is 0.481 e. The Balaban J connectivity index is 2.39. The molecule has 0 aliphatic carbocycles. The number of carbonyl (C=O) groups is 2. The highest BCUT2D eigenvalue weighted by Gasteiger charge is 2.46. The van der Waals surface area contributed by atoms with Crippen LogP contribution < -0.4 is 16.8 Å². The number of carboxylic acid groups (broad SMARTS) is 1. The number of ether oxygens (including phenoxy) is 2. The molecule has 1 aromatic rings. The minimum Gasteiger partial charge on any atom is -0.481 e. The van der Waals surface area contributed by atoms with E-state index in [4.69, 9.17) is 20.9 Å². The fourth-order valence-electron chi connectivity index (χ4n) is 9.01. The highest BCUT2D eigenvalue weighted by atomic mass is 16.5. The molecule has 1 aliphatic rings. The number of carbonyl (C=O) groups excluding carboxylic acids is 1. The zero-order chi connectivity index (χ0) is 37.9.